The van der Waals surface area contributed by atoms with Crippen molar-refractivity contribution in [1.82, 2.24) is 0 Å². The van der Waals surface area contributed by atoms with Gasteiger partial charge in [-0.3, -0.25) is 4.79 Å². The summed E-state index contributed by atoms with van der Waals surface area (Å²) in [4.78, 5) is 24.9. The molecular formula is C20H17NO4S. The number of amides is 1. The number of carbonyl (C=O) groups is 2. The average Bonchev–Trinajstić information content (AvgIpc) is 3.19. The number of ether oxygens (including phenoxy) is 2. The molecule has 0 spiro atoms. The molecule has 5 nitrogen and oxygen atoms in total. The van der Waals surface area contributed by atoms with E-state index in [2.05, 4.69) is 5.32 Å². The van der Waals surface area contributed by atoms with Crippen LogP contribution in [-0.2, 0) is 11.3 Å². The fourth-order valence-electron chi connectivity index (χ4n) is 2.33. The summed E-state index contributed by atoms with van der Waals surface area (Å²) >= 11 is 1.37. The topological polar surface area (TPSA) is 64.6 Å². The number of thiophene rings is 1. The van der Waals surface area contributed by atoms with E-state index in [-0.39, 0.29) is 5.91 Å². The summed E-state index contributed by atoms with van der Waals surface area (Å²) in [7, 11) is 1.60. The molecule has 0 saturated heterocycles. The highest BCUT2D eigenvalue weighted by Crippen LogP contribution is 2.19. The fourth-order valence-corrected chi connectivity index (χ4v) is 2.95. The van der Waals surface area contributed by atoms with E-state index in [0.717, 1.165) is 5.56 Å². The zero-order valence-electron chi connectivity index (χ0n) is 14.1. The molecule has 0 aliphatic heterocycles. The highest BCUT2D eigenvalue weighted by Gasteiger charge is 2.10. The van der Waals surface area contributed by atoms with Crippen molar-refractivity contribution in [2.45, 2.75) is 6.61 Å². The van der Waals surface area contributed by atoms with E-state index >= 15 is 0 Å². The Hall–Kier alpha value is -2.96. The molecule has 1 amide bonds. The van der Waals surface area contributed by atoms with Crippen LogP contribution in [0.3, 0.4) is 0 Å². The Morgan fingerprint density at radius 3 is 2.54 bits per heavy atom. The first-order valence-electron chi connectivity index (χ1n) is 7.90. The molecule has 3 rings (SSSR count). The SMILES string of the molecule is COCc1cccc(C(=O)Oc2ccc(NC(=O)c3cccs3)cc2)c1. The summed E-state index contributed by atoms with van der Waals surface area (Å²) < 4.78 is 10.4. The Kier molecular flexibility index (Phi) is 5.78. The molecule has 0 aliphatic carbocycles. The van der Waals surface area contributed by atoms with Gasteiger partial charge in [0.05, 0.1) is 17.0 Å². The molecule has 132 valence electrons. The van der Waals surface area contributed by atoms with Gasteiger partial charge in [0, 0.05) is 12.8 Å². The molecule has 2 aromatic carbocycles. The van der Waals surface area contributed by atoms with Crippen molar-refractivity contribution in [2.75, 3.05) is 12.4 Å². The third kappa shape index (κ3) is 4.56. The molecule has 3 aromatic rings. The van der Waals surface area contributed by atoms with Gasteiger partial charge in [0.2, 0.25) is 0 Å². The van der Waals surface area contributed by atoms with E-state index in [1.54, 1.807) is 55.6 Å². The van der Waals surface area contributed by atoms with E-state index in [1.165, 1.54) is 11.3 Å². The molecule has 26 heavy (non-hydrogen) atoms. The first kappa shape index (κ1) is 17.8. The standard InChI is InChI=1S/C20H17NO4S/c1-24-13-14-4-2-5-15(12-14)20(23)25-17-9-7-16(8-10-17)21-19(22)18-6-3-11-26-18/h2-12H,13H2,1H3,(H,21,22). The predicted octanol–water partition coefficient (Wildman–Crippen LogP) is 4.37. The number of carbonyl (C=O) groups excluding carboxylic acids is 2. The number of methoxy groups -OCH3 is 1. The second-order valence-electron chi connectivity index (χ2n) is 5.48. The van der Waals surface area contributed by atoms with Gasteiger partial charge in [-0.25, -0.2) is 4.79 Å². The van der Waals surface area contributed by atoms with Crippen molar-refractivity contribution in [3.8, 4) is 5.75 Å². The van der Waals surface area contributed by atoms with Crippen LogP contribution in [0.15, 0.2) is 66.0 Å². The number of nitrogens with one attached hydrogen (secondary N) is 1. The van der Waals surface area contributed by atoms with Gasteiger partial charge in [-0.05, 0) is 53.4 Å². The van der Waals surface area contributed by atoms with Crippen LogP contribution in [0, 0.1) is 0 Å². The van der Waals surface area contributed by atoms with Gasteiger partial charge >= 0.3 is 5.97 Å². The molecule has 0 saturated carbocycles. The highest BCUT2D eigenvalue weighted by atomic mass is 32.1. The van der Waals surface area contributed by atoms with Crippen molar-refractivity contribution >= 4 is 28.9 Å². The van der Waals surface area contributed by atoms with Crippen LogP contribution in [0.2, 0.25) is 0 Å². The third-order valence-corrected chi connectivity index (χ3v) is 4.41. The largest absolute Gasteiger partial charge is 0.423 e. The minimum absolute atomic E-state index is 0.167. The molecule has 0 bridgehead atoms. The van der Waals surface area contributed by atoms with Crippen molar-refractivity contribution in [3.05, 3.63) is 82.0 Å². The van der Waals surface area contributed by atoms with E-state index in [4.69, 9.17) is 9.47 Å². The van der Waals surface area contributed by atoms with Crippen LogP contribution < -0.4 is 10.1 Å². The lowest BCUT2D eigenvalue weighted by Crippen LogP contribution is -2.11. The average molecular weight is 367 g/mol. The van der Waals surface area contributed by atoms with E-state index in [1.807, 2.05) is 17.5 Å². The molecule has 1 heterocycles. The fraction of sp³-hybridized carbons (Fsp3) is 0.100. The van der Waals surface area contributed by atoms with Gasteiger partial charge in [0.15, 0.2) is 0 Å². The molecule has 6 heteroatoms. The van der Waals surface area contributed by atoms with Gasteiger partial charge in [-0.2, -0.15) is 0 Å². The van der Waals surface area contributed by atoms with E-state index < -0.39 is 5.97 Å². The van der Waals surface area contributed by atoms with Crippen molar-refractivity contribution in [1.29, 1.82) is 0 Å². The highest BCUT2D eigenvalue weighted by molar-refractivity contribution is 7.12. The zero-order valence-corrected chi connectivity index (χ0v) is 14.9. The van der Waals surface area contributed by atoms with Crippen LogP contribution in [-0.4, -0.2) is 19.0 Å². The first-order valence-corrected chi connectivity index (χ1v) is 8.78. The van der Waals surface area contributed by atoms with Gasteiger partial charge in [0.1, 0.15) is 5.75 Å². The maximum absolute atomic E-state index is 12.3. The molecule has 0 aliphatic rings. The van der Waals surface area contributed by atoms with Gasteiger partial charge in [-0.1, -0.05) is 18.2 Å². The van der Waals surface area contributed by atoms with Gasteiger partial charge in [0.25, 0.3) is 5.91 Å². The summed E-state index contributed by atoms with van der Waals surface area (Å²) in [6.07, 6.45) is 0. The molecule has 0 radical (unpaired) electrons. The second-order valence-corrected chi connectivity index (χ2v) is 6.43. The number of rotatable bonds is 6. The molecular weight excluding hydrogens is 350 g/mol. The Bertz CT molecular complexity index is 888. The van der Waals surface area contributed by atoms with Gasteiger partial charge < -0.3 is 14.8 Å². The Balaban J connectivity index is 1.62. The molecule has 0 unspecified atom stereocenters. The van der Waals surface area contributed by atoms with Gasteiger partial charge in [-0.15, -0.1) is 11.3 Å². The monoisotopic (exact) mass is 367 g/mol. The lowest BCUT2D eigenvalue weighted by molar-refractivity contribution is 0.0734. The molecule has 0 atom stereocenters. The lowest BCUT2D eigenvalue weighted by Gasteiger charge is -2.08. The van der Waals surface area contributed by atoms with E-state index in [9.17, 15) is 9.59 Å². The maximum Gasteiger partial charge on any atom is 0.343 e. The normalized spacial score (nSPS) is 10.3. The van der Waals surface area contributed by atoms with Crippen LogP contribution in [0.5, 0.6) is 5.75 Å². The quantitative estimate of drug-likeness (QED) is 0.519. The van der Waals surface area contributed by atoms with E-state index in [0.29, 0.717) is 28.5 Å². The van der Waals surface area contributed by atoms with Crippen LogP contribution >= 0.6 is 11.3 Å². The van der Waals surface area contributed by atoms with Crippen molar-refractivity contribution in [2.24, 2.45) is 0 Å². The summed E-state index contributed by atoms with van der Waals surface area (Å²) in [5.41, 5.74) is 1.98. The molecule has 1 aromatic heterocycles. The minimum Gasteiger partial charge on any atom is -0.423 e. The number of anilines is 1. The zero-order chi connectivity index (χ0) is 18.4. The van der Waals surface area contributed by atoms with Crippen molar-refractivity contribution in [3.63, 3.8) is 0 Å². The second kappa shape index (κ2) is 8.42. The maximum atomic E-state index is 12.3. The lowest BCUT2D eigenvalue weighted by atomic mass is 10.1. The van der Waals surface area contributed by atoms with Crippen LogP contribution in [0.4, 0.5) is 5.69 Å². The minimum atomic E-state index is -0.446. The number of hydrogen-bond donors (Lipinski definition) is 1. The predicted molar refractivity (Wildman–Crippen MR) is 101 cm³/mol. The third-order valence-electron chi connectivity index (χ3n) is 3.54. The first-order chi connectivity index (χ1) is 12.7. The smallest absolute Gasteiger partial charge is 0.343 e. The summed E-state index contributed by atoms with van der Waals surface area (Å²) in [5.74, 6) is -0.209. The Labute approximate surface area is 155 Å². The van der Waals surface area contributed by atoms with Crippen molar-refractivity contribution < 1.29 is 19.1 Å². The number of benzene rings is 2. The van der Waals surface area contributed by atoms with Crippen LogP contribution in [0.1, 0.15) is 25.6 Å². The number of esters is 1. The number of hydrogen-bond acceptors (Lipinski definition) is 5. The summed E-state index contributed by atoms with van der Waals surface area (Å²) in [5, 5.41) is 4.64. The summed E-state index contributed by atoms with van der Waals surface area (Å²) in [6, 6.07) is 17.3. The molecule has 0 fully saturated rings. The van der Waals surface area contributed by atoms with Crippen LogP contribution in [0.25, 0.3) is 0 Å². The Morgan fingerprint density at radius 1 is 1.04 bits per heavy atom. The Morgan fingerprint density at radius 2 is 1.85 bits per heavy atom. The molecule has 1 N–H and O–H groups in total. The summed E-state index contributed by atoms with van der Waals surface area (Å²) in [6.45, 7) is 0.430.